The molecule has 0 aliphatic heterocycles. The number of carbonyl (C=O) groups excluding carboxylic acids is 1. The van der Waals surface area contributed by atoms with E-state index < -0.39 is 5.97 Å². The quantitative estimate of drug-likeness (QED) is 0.343. The largest absolute Gasteiger partial charge is 0.423 e. The number of hydrogen-bond acceptors (Lipinski definition) is 2. The first-order valence-electron chi connectivity index (χ1n) is 10.3. The standard InChI is InChI=1S/C25H27FO2/c1-2-17-3-4-22-16-21(10-9-20(22)15-17)18-5-7-19(8-6-18)25(27)28-24-13-11-23(26)12-14-24/h2,5-8,11-14,17,20-22H,1,3-4,9-10,15-16H2/t17?,20-,21?,22+/m0/s1. The van der Waals surface area contributed by atoms with Crippen molar-refractivity contribution in [1.29, 1.82) is 0 Å². The van der Waals surface area contributed by atoms with Crippen LogP contribution in [0.25, 0.3) is 0 Å². The Hall–Kier alpha value is -2.42. The minimum atomic E-state index is -0.412. The van der Waals surface area contributed by atoms with E-state index in [4.69, 9.17) is 4.74 Å². The zero-order valence-electron chi connectivity index (χ0n) is 16.1. The summed E-state index contributed by atoms with van der Waals surface area (Å²) in [6.07, 6.45) is 9.85. The third-order valence-electron chi connectivity index (χ3n) is 6.63. The van der Waals surface area contributed by atoms with Crippen LogP contribution in [0.4, 0.5) is 4.39 Å². The van der Waals surface area contributed by atoms with Crippen LogP contribution >= 0.6 is 0 Å². The van der Waals surface area contributed by atoms with Gasteiger partial charge in [-0.2, -0.15) is 0 Å². The van der Waals surface area contributed by atoms with Gasteiger partial charge in [-0.05, 0) is 104 Å². The van der Waals surface area contributed by atoms with Gasteiger partial charge in [-0.3, -0.25) is 0 Å². The molecule has 2 saturated carbocycles. The van der Waals surface area contributed by atoms with Crippen molar-refractivity contribution >= 4 is 5.97 Å². The number of carbonyl (C=O) groups is 1. The molecule has 146 valence electrons. The van der Waals surface area contributed by atoms with Crippen molar-refractivity contribution in [3.05, 3.63) is 78.1 Å². The lowest BCUT2D eigenvalue weighted by Gasteiger charge is -2.41. The van der Waals surface area contributed by atoms with Crippen molar-refractivity contribution < 1.29 is 13.9 Å². The maximum absolute atomic E-state index is 13.0. The molecule has 2 nitrogen and oxygen atoms in total. The molecule has 0 heterocycles. The Labute approximate surface area is 166 Å². The molecular formula is C25H27FO2. The highest BCUT2D eigenvalue weighted by molar-refractivity contribution is 5.91. The number of halogens is 1. The second-order valence-electron chi connectivity index (χ2n) is 8.30. The third-order valence-corrected chi connectivity index (χ3v) is 6.63. The molecule has 0 radical (unpaired) electrons. The van der Waals surface area contributed by atoms with E-state index in [1.807, 2.05) is 12.1 Å². The summed E-state index contributed by atoms with van der Waals surface area (Å²) >= 11 is 0. The van der Waals surface area contributed by atoms with Crippen LogP contribution in [0, 0.1) is 23.6 Å². The van der Waals surface area contributed by atoms with Crippen LogP contribution < -0.4 is 4.74 Å². The Morgan fingerprint density at radius 3 is 2.32 bits per heavy atom. The molecule has 0 bridgehead atoms. The Balaban J connectivity index is 1.37. The highest BCUT2D eigenvalue weighted by Gasteiger charge is 2.35. The summed E-state index contributed by atoms with van der Waals surface area (Å²) in [5, 5.41) is 0. The van der Waals surface area contributed by atoms with Crippen molar-refractivity contribution in [1.82, 2.24) is 0 Å². The summed E-state index contributed by atoms with van der Waals surface area (Å²) in [5.41, 5.74) is 1.84. The Morgan fingerprint density at radius 2 is 1.61 bits per heavy atom. The van der Waals surface area contributed by atoms with E-state index in [9.17, 15) is 9.18 Å². The molecule has 2 aromatic rings. The molecule has 0 aromatic heterocycles. The minimum absolute atomic E-state index is 0.350. The van der Waals surface area contributed by atoms with E-state index in [0.717, 1.165) is 11.8 Å². The lowest BCUT2D eigenvalue weighted by molar-refractivity contribution is 0.0734. The Morgan fingerprint density at radius 1 is 0.929 bits per heavy atom. The van der Waals surface area contributed by atoms with E-state index in [2.05, 4.69) is 24.8 Å². The number of allylic oxidation sites excluding steroid dienone is 1. The summed E-state index contributed by atoms with van der Waals surface area (Å²) in [5.74, 6) is 2.58. The fourth-order valence-electron chi connectivity index (χ4n) is 5.00. The number of rotatable bonds is 4. The van der Waals surface area contributed by atoms with Crippen LogP contribution in [0.2, 0.25) is 0 Å². The van der Waals surface area contributed by atoms with Gasteiger partial charge in [0.25, 0.3) is 0 Å². The van der Waals surface area contributed by atoms with Crippen molar-refractivity contribution in [2.45, 2.75) is 44.4 Å². The van der Waals surface area contributed by atoms with Crippen LogP contribution in [0.5, 0.6) is 5.75 Å². The van der Waals surface area contributed by atoms with Gasteiger partial charge in [0, 0.05) is 0 Å². The molecule has 0 amide bonds. The molecule has 4 rings (SSSR count). The summed E-state index contributed by atoms with van der Waals surface area (Å²) in [7, 11) is 0. The Kier molecular flexibility index (Phi) is 5.61. The molecular weight excluding hydrogens is 351 g/mol. The zero-order valence-corrected chi connectivity index (χ0v) is 16.1. The monoisotopic (exact) mass is 378 g/mol. The van der Waals surface area contributed by atoms with Gasteiger partial charge in [-0.15, -0.1) is 6.58 Å². The van der Waals surface area contributed by atoms with Crippen molar-refractivity contribution in [3.63, 3.8) is 0 Å². The van der Waals surface area contributed by atoms with E-state index >= 15 is 0 Å². The van der Waals surface area contributed by atoms with Gasteiger partial charge in [0.15, 0.2) is 0 Å². The SMILES string of the molecule is C=CC1CC[C@@H]2CC(c3ccc(C(=O)Oc4ccc(F)cc4)cc3)CC[C@H]2C1. The first kappa shape index (κ1) is 18.9. The summed E-state index contributed by atoms with van der Waals surface area (Å²) in [6, 6.07) is 13.3. The molecule has 0 saturated heterocycles. The topological polar surface area (TPSA) is 26.3 Å². The van der Waals surface area contributed by atoms with Crippen molar-refractivity contribution in [2.24, 2.45) is 17.8 Å². The smallest absolute Gasteiger partial charge is 0.343 e. The molecule has 2 aliphatic carbocycles. The fraction of sp³-hybridized carbons (Fsp3) is 0.400. The predicted octanol–water partition coefficient (Wildman–Crippen LogP) is 6.53. The van der Waals surface area contributed by atoms with Crippen molar-refractivity contribution in [2.75, 3.05) is 0 Å². The summed E-state index contributed by atoms with van der Waals surface area (Å²) < 4.78 is 18.3. The van der Waals surface area contributed by atoms with Crippen LogP contribution in [0.1, 0.15) is 60.4 Å². The number of benzene rings is 2. The van der Waals surface area contributed by atoms with Gasteiger partial charge >= 0.3 is 5.97 Å². The molecule has 2 aromatic carbocycles. The lowest BCUT2D eigenvalue weighted by atomic mass is 9.64. The van der Waals surface area contributed by atoms with Gasteiger partial charge in [0.2, 0.25) is 0 Å². The molecule has 0 N–H and O–H groups in total. The average Bonchev–Trinajstić information content (AvgIpc) is 2.74. The molecule has 0 spiro atoms. The predicted molar refractivity (Wildman–Crippen MR) is 109 cm³/mol. The van der Waals surface area contributed by atoms with Gasteiger partial charge in [-0.25, -0.2) is 9.18 Å². The summed E-state index contributed by atoms with van der Waals surface area (Å²) in [4.78, 5) is 12.3. The number of esters is 1. The normalized spacial score (nSPS) is 26.9. The first-order valence-corrected chi connectivity index (χ1v) is 10.3. The van der Waals surface area contributed by atoms with Crippen molar-refractivity contribution in [3.8, 4) is 5.75 Å². The number of ether oxygens (including phenoxy) is 1. The molecule has 4 atom stereocenters. The maximum atomic E-state index is 13.0. The first-order chi connectivity index (χ1) is 13.6. The fourth-order valence-corrected chi connectivity index (χ4v) is 5.00. The van der Waals surface area contributed by atoms with E-state index in [-0.39, 0.29) is 5.82 Å². The molecule has 2 unspecified atom stereocenters. The molecule has 2 fully saturated rings. The Bertz CT molecular complexity index is 825. The molecule has 28 heavy (non-hydrogen) atoms. The molecule has 2 aliphatic rings. The lowest BCUT2D eigenvalue weighted by Crippen LogP contribution is -2.29. The van der Waals surface area contributed by atoms with Gasteiger partial charge in [-0.1, -0.05) is 18.2 Å². The second-order valence-corrected chi connectivity index (χ2v) is 8.30. The highest BCUT2D eigenvalue weighted by atomic mass is 19.1. The van der Waals surface area contributed by atoms with Crippen LogP contribution in [0.3, 0.4) is 0 Å². The van der Waals surface area contributed by atoms with Gasteiger partial charge < -0.3 is 4.74 Å². The van der Waals surface area contributed by atoms with E-state index in [0.29, 0.717) is 23.1 Å². The van der Waals surface area contributed by atoms with Crippen LogP contribution in [0.15, 0.2) is 61.2 Å². The maximum Gasteiger partial charge on any atom is 0.343 e. The van der Waals surface area contributed by atoms with Gasteiger partial charge in [0.05, 0.1) is 5.56 Å². The highest BCUT2D eigenvalue weighted by Crippen LogP contribution is 2.47. The average molecular weight is 378 g/mol. The van der Waals surface area contributed by atoms with E-state index in [1.54, 1.807) is 0 Å². The van der Waals surface area contributed by atoms with Crippen LogP contribution in [-0.2, 0) is 0 Å². The third kappa shape index (κ3) is 4.19. The van der Waals surface area contributed by atoms with Crippen LogP contribution in [-0.4, -0.2) is 5.97 Å². The second kappa shape index (κ2) is 8.30. The molecule has 3 heteroatoms. The summed E-state index contributed by atoms with van der Waals surface area (Å²) in [6.45, 7) is 3.98. The number of hydrogen-bond donors (Lipinski definition) is 0. The zero-order chi connectivity index (χ0) is 19.5. The van der Waals surface area contributed by atoms with E-state index in [1.165, 1.54) is 68.4 Å². The minimum Gasteiger partial charge on any atom is -0.423 e. The number of fused-ring (bicyclic) bond motifs is 1. The van der Waals surface area contributed by atoms with Gasteiger partial charge in [0.1, 0.15) is 11.6 Å².